The first-order chi connectivity index (χ1) is 13.3. The molecule has 1 aromatic carbocycles. The summed E-state index contributed by atoms with van der Waals surface area (Å²) in [5.41, 5.74) is 0.368. The van der Waals surface area contributed by atoms with Crippen molar-refractivity contribution in [2.75, 3.05) is 5.75 Å². The van der Waals surface area contributed by atoms with Crippen LogP contribution in [0.1, 0.15) is 35.4 Å². The van der Waals surface area contributed by atoms with Gasteiger partial charge >= 0.3 is 6.18 Å². The fourth-order valence-electron chi connectivity index (χ4n) is 3.03. The summed E-state index contributed by atoms with van der Waals surface area (Å²) in [4.78, 5) is 26.6. The lowest BCUT2D eigenvalue weighted by Crippen LogP contribution is -2.47. The maximum absolute atomic E-state index is 12.8. The second kappa shape index (κ2) is 8.30. The van der Waals surface area contributed by atoms with E-state index in [1.807, 2.05) is 0 Å². The summed E-state index contributed by atoms with van der Waals surface area (Å²) in [5, 5.41) is 2.33. The van der Waals surface area contributed by atoms with Gasteiger partial charge in [0.1, 0.15) is 11.4 Å². The van der Waals surface area contributed by atoms with Crippen molar-refractivity contribution in [1.29, 1.82) is 0 Å². The molecule has 2 heterocycles. The molecule has 1 aliphatic rings. The Balaban J connectivity index is 1.70. The molecule has 0 radical (unpaired) electrons. The lowest BCUT2D eigenvalue weighted by Gasteiger charge is -2.28. The Morgan fingerprint density at radius 1 is 1.32 bits per heavy atom. The van der Waals surface area contributed by atoms with Crippen LogP contribution in [0.25, 0.3) is 0 Å². The molecular weight excluding hydrogens is 393 g/mol. The number of halogens is 3. The molecule has 0 spiro atoms. The van der Waals surface area contributed by atoms with E-state index in [1.165, 1.54) is 41.3 Å². The van der Waals surface area contributed by atoms with E-state index >= 15 is 0 Å². The molecule has 0 aliphatic carbocycles. The second-order valence-corrected chi connectivity index (χ2v) is 7.44. The van der Waals surface area contributed by atoms with Crippen LogP contribution in [0.3, 0.4) is 0 Å². The van der Waals surface area contributed by atoms with Crippen molar-refractivity contribution in [1.82, 2.24) is 10.2 Å². The van der Waals surface area contributed by atoms with Crippen molar-refractivity contribution < 1.29 is 27.2 Å². The molecule has 2 aromatic rings. The van der Waals surface area contributed by atoms with Gasteiger partial charge in [0.2, 0.25) is 11.8 Å². The van der Waals surface area contributed by atoms with E-state index in [2.05, 4.69) is 5.32 Å². The van der Waals surface area contributed by atoms with Crippen LogP contribution < -0.4 is 5.32 Å². The third-order valence-corrected chi connectivity index (χ3v) is 5.77. The number of carbonyl (C=O) groups excluding carboxylic acids is 2. The molecule has 2 unspecified atom stereocenters. The quantitative estimate of drug-likeness (QED) is 0.807. The van der Waals surface area contributed by atoms with Crippen molar-refractivity contribution >= 4 is 23.6 Å². The lowest BCUT2D eigenvalue weighted by molar-refractivity contribution is -0.139. The minimum Gasteiger partial charge on any atom is -0.472 e. The van der Waals surface area contributed by atoms with Crippen LogP contribution in [0.5, 0.6) is 0 Å². The molecule has 9 heteroatoms. The highest BCUT2D eigenvalue weighted by Crippen LogP contribution is 2.42. The van der Waals surface area contributed by atoms with E-state index in [-0.39, 0.29) is 24.2 Å². The zero-order valence-electron chi connectivity index (χ0n) is 15.0. The third kappa shape index (κ3) is 4.35. The molecular formula is C19H19F3N2O3S. The van der Waals surface area contributed by atoms with Gasteiger partial charge in [-0.2, -0.15) is 13.2 Å². The topological polar surface area (TPSA) is 62.6 Å². The van der Waals surface area contributed by atoms with E-state index < -0.39 is 23.7 Å². The number of hydrogen-bond acceptors (Lipinski definition) is 4. The zero-order valence-corrected chi connectivity index (χ0v) is 15.8. The maximum Gasteiger partial charge on any atom is 0.416 e. The standard InChI is InChI=1S/C19H19F3N2O3S/c1-2-16(25)24-15(11-28-18(24)13-6-7-27-10-13)17(26)23-9-12-4-3-5-14(8-12)19(20,21)22/h3-8,10,15,18H,2,9,11H2,1H3,(H,23,26). The number of amides is 2. The number of nitrogens with zero attached hydrogens (tertiary/aromatic N) is 1. The van der Waals surface area contributed by atoms with Crippen LogP contribution in [-0.4, -0.2) is 28.5 Å². The van der Waals surface area contributed by atoms with Gasteiger partial charge in [-0.05, 0) is 23.8 Å². The molecule has 5 nitrogen and oxygen atoms in total. The van der Waals surface area contributed by atoms with Crippen LogP contribution in [0, 0.1) is 0 Å². The van der Waals surface area contributed by atoms with Crippen LogP contribution in [0.15, 0.2) is 47.3 Å². The molecule has 1 aromatic heterocycles. The van der Waals surface area contributed by atoms with E-state index in [0.29, 0.717) is 11.3 Å². The number of hydrogen-bond donors (Lipinski definition) is 1. The van der Waals surface area contributed by atoms with E-state index in [9.17, 15) is 22.8 Å². The first-order valence-electron chi connectivity index (χ1n) is 8.70. The average Bonchev–Trinajstić information content (AvgIpc) is 3.34. The fraction of sp³-hybridized carbons (Fsp3) is 0.368. The highest BCUT2D eigenvalue weighted by molar-refractivity contribution is 7.99. The number of rotatable bonds is 5. The molecule has 0 saturated carbocycles. The predicted molar refractivity (Wildman–Crippen MR) is 98.1 cm³/mol. The van der Waals surface area contributed by atoms with Crippen LogP contribution in [0.2, 0.25) is 0 Å². The van der Waals surface area contributed by atoms with Crippen molar-refractivity contribution in [3.63, 3.8) is 0 Å². The Kier molecular flexibility index (Phi) is 6.02. The Morgan fingerprint density at radius 2 is 2.11 bits per heavy atom. The molecule has 1 fully saturated rings. The fourth-order valence-corrected chi connectivity index (χ4v) is 4.46. The number of benzene rings is 1. The van der Waals surface area contributed by atoms with Crippen LogP contribution in [0.4, 0.5) is 13.2 Å². The van der Waals surface area contributed by atoms with E-state index in [0.717, 1.165) is 17.7 Å². The highest BCUT2D eigenvalue weighted by atomic mass is 32.2. The molecule has 1 aliphatic heterocycles. The van der Waals surface area contributed by atoms with Gasteiger partial charge in [-0.15, -0.1) is 11.8 Å². The zero-order chi connectivity index (χ0) is 20.3. The largest absolute Gasteiger partial charge is 0.472 e. The summed E-state index contributed by atoms with van der Waals surface area (Å²) in [7, 11) is 0. The van der Waals surface area contributed by atoms with Crippen LogP contribution in [-0.2, 0) is 22.3 Å². The number of thioether (sulfide) groups is 1. The first-order valence-corrected chi connectivity index (χ1v) is 9.75. The van der Waals surface area contributed by atoms with Gasteiger partial charge in [0, 0.05) is 24.3 Å². The van der Waals surface area contributed by atoms with Crippen molar-refractivity contribution in [3.05, 3.63) is 59.5 Å². The van der Waals surface area contributed by atoms with Crippen LogP contribution >= 0.6 is 11.8 Å². The molecule has 28 heavy (non-hydrogen) atoms. The molecule has 2 atom stereocenters. The van der Waals surface area contributed by atoms with Gasteiger partial charge in [0.05, 0.1) is 18.1 Å². The summed E-state index contributed by atoms with van der Waals surface area (Å²) in [5.74, 6) is -0.163. The van der Waals surface area contributed by atoms with Gasteiger partial charge in [-0.3, -0.25) is 9.59 Å². The van der Waals surface area contributed by atoms with Gasteiger partial charge in [-0.1, -0.05) is 19.1 Å². The summed E-state index contributed by atoms with van der Waals surface area (Å²) in [6.07, 6.45) is -1.15. The minimum atomic E-state index is -4.44. The molecule has 2 amide bonds. The normalized spacial score (nSPS) is 19.6. The van der Waals surface area contributed by atoms with Crippen molar-refractivity contribution in [2.45, 2.75) is 37.5 Å². The number of carbonyl (C=O) groups is 2. The summed E-state index contributed by atoms with van der Waals surface area (Å²) in [6, 6.07) is 5.86. The SMILES string of the molecule is CCC(=O)N1C(C(=O)NCc2cccc(C(F)(F)F)c2)CSC1c1ccoc1. The summed E-state index contributed by atoms with van der Waals surface area (Å²) < 4.78 is 43.6. The summed E-state index contributed by atoms with van der Waals surface area (Å²) in [6.45, 7) is 1.67. The molecule has 1 N–H and O–H groups in total. The van der Waals surface area contributed by atoms with E-state index in [1.54, 1.807) is 13.0 Å². The predicted octanol–water partition coefficient (Wildman–Crippen LogP) is 3.97. The number of nitrogens with one attached hydrogen (secondary N) is 1. The molecule has 0 bridgehead atoms. The van der Waals surface area contributed by atoms with Gasteiger partial charge in [-0.25, -0.2) is 0 Å². The van der Waals surface area contributed by atoms with Crippen molar-refractivity contribution in [3.8, 4) is 0 Å². The number of alkyl halides is 3. The number of furan rings is 1. The van der Waals surface area contributed by atoms with Gasteiger partial charge < -0.3 is 14.6 Å². The Hall–Kier alpha value is -2.42. The van der Waals surface area contributed by atoms with E-state index in [4.69, 9.17) is 4.42 Å². The van der Waals surface area contributed by atoms with Crippen molar-refractivity contribution in [2.24, 2.45) is 0 Å². The molecule has 3 rings (SSSR count). The third-order valence-electron chi connectivity index (χ3n) is 4.44. The highest BCUT2D eigenvalue weighted by Gasteiger charge is 2.42. The Morgan fingerprint density at radius 3 is 2.75 bits per heavy atom. The van der Waals surface area contributed by atoms with Gasteiger partial charge in [0.15, 0.2) is 0 Å². The first kappa shape index (κ1) is 20.3. The Bertz CT molecular complexity index is 839. The average molecular weight is 412 g/mol. The summed E-state index contributed by atoms with van der Waals surface area (Å²) >= 11 is 1.45. The molecule has 150 valence electrons. The smallest absolute Gasteiger partial charge is 0.416 e. The van der Waals surface area contributed by atoms with Gasteiger partial charge in [0.25, 0.3) is 0 Å². The maximum atomic E-state index is 12.8. The second-order valence-electron chi connectivity index (χ2n) is 6.33. The Labute approximate surface area is 164 Å². The molecule has 1 saturated heterocycles. The lowest BCUT2D eigenvalue weighted by atomic mass is 10.1. The monoisotopic (exact) mass is 412 g/mol. The minimum absolute atomic E-state index is 0.0472.